The van der Waals surface area contributed by atoms with Gasteiger partial charge in [-0.25, -0.2) is 0 Å². The summed E-state index contributed by atoms with van der Waals surface area (Å²) in [6.45, 7) is 3.26. The number of rotatable bonds is 2. The van der Waals surface area contributed by atoms with Crippen LogP contribution < -0.4 is 5.32 Å². The van der Waals surface area contributed by atoms with Crippen LogP contribution >= 0.6 is 0 Å². The summed E-state index contributed by atoms with van der Waals surface area (Å²) >= 11 is 0. The summed E-state index contributed by atoms with van der Waals surface area (Å²) in [5, 5.41) is 3.22. The van der Waals surface area contributed by atoms with Gasteiger partial charge in [0.2, 0.25) is 0 Å². The van der Waals surface area contributed by atoms with Gasteiger partial charge in [0.15, 0.2) is 0 Å². The molecule has 1 heterocycles. The number of nitrogens with one attached hydrogen (secondary N) is 1. The summed E-state index contributed by atoms with van der Waals surface area (Å²) in [5.74, 6) is 0.898. The van der Waals surface area contributed by atoms with Gasteiger partial charge in [0.25, 0.3) is 0 Å². The van der Waals surface area contributed by atoms with E-state index in [4.69, 9.17) is 4.74 Å². The van der Waals surface area contributed by atoms with E-state index in [1.165, 1.54) is 0 Å². The Labute approximate surface area is 78.1 Å². The first kappa shape index (κ1) is 8.75. The third-order valence-corrected chi connectivity index (χ3v) is 2.87. The molecule has 72 valence electrons. The van der Waals surface area contributed by atoms with Gasteiger partial charge in [-0.05, 0) is 25.8 Å². The SMILES string of the molecule is CCOC(=O)[C@H]1NC[C@@H]2CC=C[C@@H]21. The Morgan fingerprint density at radius 3 is 3.31 bits per heavy atom. The first-order valence-electron chi connectivity index (χ1n) is 4.89. The largest absolute Gasteiger partial charge is 0.465 e. The predicted molar refractivity (Wildman–Crippen MR) is 49.2 cm³/mol. The highest BCUT2D eigenvalue weighted by Crippen LogP contribution is 2.32. The zero-order chi connectivity index (χ0) is 9.26. The highest BCUT2D eigenvalue weighted by Gasteiger charge is 2.40. The number of allylic oxidation sites excluding steroid dienone is 1. The molecule has 1 saturated heterocycles. The van der Waals surface area contributed by atoms with Crippen LogP contribution in [0.2, 0.25) is 0 Å². The standard InChI is InChI=1S/C10H15NO2/c1-2-13-10(12)9-8-5-3-4-7(8)6-11-9/h3,5,7-9,11H,2,4,6H2,1H3/t7-,8-,9-/m0/s1. The molecule has 3 atom stereocenters. The number of carbonyl (C=O) groups is 1. The van der Waals surface area contributed by atoms with Crippen LogP contribution in [0, 0.1) is 11.8 Å². The van der Waals surface area contributed by atoms with Gasteiger partial charge < -0.3 is 10.1 Å². The Morgan fingerprint density at radius 1 is 1.69 bits per heavy atom. The fourth-order valence-electron chi connectivity index (χ4n) is 2.21. The molecule has 0 amide bonds. The van der Waals surface area contributed by atoms with Crippen LogP contribution in [-0.2, 0) is 9.53 Å². The Hall–Kier alpha value is -0.830. The lowest BCUT2D eigenvalue weighted by Crippen LogP contribution is -2.36. The van der Waals surface area contributed by atoms with Crippen molar-refractivity contribution in [1.82, 2.24) is 5.32 Å². The average molecular weight is 181 g/mol. The van der Waals surface area contributed by atoms with Gasteiger partial charge in [0.05, 0.1) is 6.61 Å². The van der Waals surface area contributed by atoms with E-state index in [0.717, 1.165) is 13.0 Å². The van der Waals surface area contributed by atoms with Crippen LogP contribution in [0.1, 0.15) is 13.3 Å². The molecule has 0 aromatic heterocycles. The van der Waals surface area contributed by atoms with Crippen molar-refractivity contribution in [3.63, 3.8) is 0 Å². The second-order valence-corrected chi connectivity index (χ2v) is 3.64. The Balaban J connectivity index is 2.00. The van der Waals surface area contributed by atoms with E-state index in [-0.39, 0.29) is 12.0 Å². The van der Waals surface area contributed by atoms with Gasteiger partial charge in [-0.15, -0.1) is 0 Å². The Kier molecular flexibility index (Phi) is 2.36. The molecule has 1 N–H and O–H groups in total. The molecule has 0 aromatic rings. The van der Waals surface area contributed by atoms with Crippen LogP contribution in [0.25, 0.3) is 0 Å². The molecule has 0 radical (unpaired) electrons. The van der Waals surface area contributed by atoms with Crippen molar-refractivity contribution in [1.29, 1.82) is 0 Å². The monoisotopic (exact) mass is 181 g/mol. The summed E-state index contributed by atoms with van der Waals surface area (Å²) in [4.78, 5) is 11.5. The molecular weight excluding hydrogens is 166 g/mol. The van der Waals surface area contributed by atoms with Crippen molar-refractivity contribution >= 4 is 5.97 Å². The lowest BCUT2D eigenvalue weighted by atomic mass is 9.94. The smallest absolute Gasteiger partial charge is 0.323 e. The van der Waals surface area contributed by atoms with Crippen LogP contribution in [0.3, 0.4) is 0 Å². The number of ether oxygens (including phenoxy) is 1. The van der Waals surface area contributed by atoms with Crippen molar-refractivity contribution in [3.05, 3.63) is 12.2 Å². The topological polar surface area (TPSA) is 38.3 Å². The third-order valence-electron chi connectivity index (χ3n) is 2.87. The van der Waals surface area contributed by atoms with E-state index in [0.29, 0.717) is 18.4 Å². The number of hydrogen-bond acceptors (Lipinski definition) is 3. The molecule has 1 fully saturated rings. The molecule has 0 unspecified atom stereocenters. The van der Waals surface area contributed by atoms with E-state index in [9.17, 15) is 4.79 Å². The normalized spacial score (nSPS) is 36.2. The zero-order valence-electron chi connectivity index (χ0n) is 7.82. The van der Waals surface area contributed by atoms with Crippen molar-refractivity contribution in [3.8, 4) is 0 Å². The van der Waals surface area contributed by atoms with Crippen LogP contribution in [-0.4, -0.2) is 25.2 Å². The second kappa shape index (κ2) is 3.50. The molecule has 0 aromatic carbocycles. The van der Waals surface area contributed by atoms with E-state index in [1.54, 1.807) is 0 Å². The summed E-state index contributed by atoms with van der Waals surface area (Å²) in [6, 6.07) is -0.0938. The molecule has 2 rings (SSSR count). The minimum atomic E-state index is -0.0958. The maximum atomic E-state index is 11.5. The van der Waals surface area contributed by atoms with E-state index < -0.39 is 0 Å². The van der Waals surface area contributed by atoms with Gasteiger partial charge in [-0.3, -0.25) is 4.79 Å². The molecule has 2 aliphatic rings. The van der Waals surface area contributed by atoms with E-state index in [1.807, 2.05) is 6.92 Å². The first-order valence-corrected chi connectivity index (χ1v) is 4.89. The molecule has 13 heavy (non-hydrogen) atoms. The fraction of sp³-hybridized carbons (Fsp3) is 0.700. The molecule has 3 heteroatoms. The summed E-state index contributed by atoms with van der Waals surface area (Å²) in [6.07, 6.45) is 5.42. The van der Waals surface area contributed by atoms with Crippen LogP contribution in [0.15, 0.2) is 12.2 Å². The number of fused-ring (bicyclic) bond motifs is 1. The van der Waals surface area contributed by atoms with Gasteiger partial charge in [-0.1, -0.05) is 12.2 Å². The Morgan fingerprint density at radius 2 is 2.54 bits per heavy atom. The Bertz CT molecular complexity index is 237. The zero-order valence-corrected chi connectivity index (χ0v) is 7.82. The average Bonchev–Trinajstić information content (AvgIpc) is 2.62. The molecular formula is C10H15NO2. The molecule has 3 nitrogen and oxygen atoms in total. The third kappa shape index (κ3) is 1.48. The number of carbonyl (C=O) groups excluding carboxylic acids is 1. The molecule has 0 spiro atoms. The molecule has 1 aliphatic heterocycles. The fourth-order valence-corrected chi connectivity index (χ4v) is 2.21. The maximum Gasteiger partial charge on any atom is 0.323 e. The molecule has 0 bridgehead atoms. The van der Waals surface area contributed by atoms with Crippen LogP contribution in [0.4, 0.5) is 0 Å². The lowest BCUT2D eigenvalue weighted by Gasteiger charge is -2.14. The van der Waals surface area contributed by atoms with E-state index >= 15 is 0 Å². The maximum absolute atomic E-state index is 11.5. The summed E-state index contributed by atoms with van der Waals surface area (Å²) in [5.41, 5.74) is 0. The van der Waals surface area contributed by atoms with Crippen molar-refractivity contribution < 1.29 is 9.53 Å². The van der Waals surface area contributed by atoms with Gasteiger partial charge in [0, 0.05) is 5.92 Å². The molecule has 1 aliphatic carbocycles. The predicted octanol–water partition coefficient (Wildman–Crippen LogP) is 0.714. The second-order valence-electron chi connectivity index (χ2n) is 3.64. The van der Waals surface area contributed by atoms with Gasteiger partial charge in [-0.2, -0.15) is 0 Å². The minimum Gasteiger partial charge on any atom is -0.465 e. The number of hydrogen-bond donors (Lipinski definition) is 1. The quantitative estimate of drug-likeness (QED) is 0.504. The van der Waals surface area contributed by atoms with Crippen LogP contribution in [0.5, 0.6) is 0 Å². The van der Waals surface area contributed by atoms with E-state index in [2.05, 4.69) is 17.5 Å². The minimum absolute atomic E-state index is 0.0938. The first-order chi connectivity index (χ1) is 6.33. The lowest BCUT2D eigenvalue weighted by molar-refractivity contribution is -0.146. The molecule has 0 saturated carbocycles. The highest BCUT2D eigenvalue weighted by atomic mass is 16.5. The number of esters is 1. The summed E-state index contributed by atoms with van der Waals surface area (Å²) < 4.78 is 5.00. The summed E-state index contributed by atoms with van der Waals surface area (Å²) in [7, 11) is 0. The highest BCUT2D eigenvalue weighted by molar-refractivity contribution is 5.77. The van der Waals surface area contributed by atoms with Gasteiger partial charge in [0.1, 0.15) is 6.04 Å². The van der Waals surface area contributed by atoms with Crippen molar-refractivity contribution in [2.45, 2.75) is 19.4 Å². The van der Waals surface area contributed by atoms with Crippen molar-refractivity contribution in [2.24, 2.45) is 11.8 Å². The van der Waals surface area contributed by atoms with Crippen molar-refractivity contribution in [2.75, 3.05) is 13.2 Å². The van der Waals surface area contributed by atoms with Gasteiger partial charge >= 0.3 is 5.97 Å².